The summed E-state index contributed by atoms with van der Waals surface area (Å²) in [5.41, 5.74) is 3.66. The lowest BCUT2D eigenvalue weighted by Gasteiger charge is -2.10. The van der Waals surface area contributed by atoms with Crippen molar-refractivity contribution in [2.24, 2.45) is 0 Å². The first-order valence-corrected chi connectivity index (χ1v) is 7.48. The van der Waals surface area contributed by atoms with Crippen molar-refractivity contribution >= 4 is 33.2 Å². The minimum Gasteiger partial charge on any atom is -0.497 e. The van der Waals surface area contributed by atoms with Gasteiger partial charge in [-0.25, -0.2) is 0 Å². The summed E-state index contributed by atoms with van der Waals surface area (Å²) < 4.78 is 6.00. The maximum absolute atomic E-state index is 12.4. The van der Waals surface area contributed by atoms with Crippen molar-refractivity contribution in [3.05, 3.63) is 52.0 Å². The highest BCUT2D eigenvalue weighted by Gasteiger charge is 2.14. The van der Waals surface area contributed by atoms with Gasteiger partial charge in [0, 0.05) is 28.3 Å². The second-order valence-corrected chi connectivity index (χ2v) is 5.70. The quantitative estimate of drug-likeness (QED) is 0.891. The van der Waals surface area contributed by atoms with Crippen molar-refractivity contribution < 1.29 is 9.53 Å². The van der Waals surface area contributed by atoms with Crippen molar-refractivity contribution in [2.75, 3.05) is 24.3 Å². The topological polar surface area (TPSA) is 50.4 Å². The molecular formula is C16H15BrN2O2. The number of amides is 1. The van der Waals surface area contributed by atoms with Crippen LogP contribution in [0.4, 0.5) is 11.4 Å². The highest BCUT2D eigenvalue weighted by Crippen LogP contribution is 2.28. The number of halogens is 1. The van der Waals surface area contributed by atoms with Crippen molar-refractivity contribution in [1.82, 2.24) is 0 Å². The Kier molecular flexibility index (Phi) is 3.84. The number of carbonyl (C=O) groups is 1. The first-order chi connectivity index (χ1) is 10.2. The number of carbonyl (C=O) groups excluding carboxylic acids is 1. The number of ether oxygens (including phenoxy) is 1. The number of hydrogen-bond acceptors (Lipinski definition) is 3. The molecule has 3 rings (SSSR count). The fourth-order valence-electron chi connectivity index (χ4n) is 2.37. The molecule has 0 spiro atoms. The van der Waals surface area contributed by atoms with E-state index in [-0.39, 0.29) is 5.91 Å². The Morgan fingerprint density at radius 3 is 2.95 bits per heavy atom. The Morgan fingerprint density at radius 1 is 1.29 bits per heavy atom. The molecule has 1 amide bonds. The Hall–Kier alpha value is -2.01. The molecule has 0 aromatic heterocycles. The summed E-state index contributed by atoms with van der Waals surface area (Å²) in [6, 6.07) is 11.2. The summed E-state index contributed by atoms with van der Waals surface area (Å²) >= 11 is 3.43. The van der Waals surface area contributed by atoms with Crippen LogP contribution in [0.25, 0.3) is 0 Å². The largest absolute Gasteiger partial charge is 0.497 e. The Labute approximate surface area is 131 Å². The molecule has 1 aliphatic heterocycles. The molecule has 2 aromatic carbocycles. The normalized spacial score (nSPS) is 12.5. The van der Waals surface area contributed by atoms with E-state index in [1.165, 1.54) is 5.56 Å². The van der Waals surface area contributed by atoms with E-state index in [1.54, 1.807) is 13.2 Å². The van der Waals surface area contributed by atoms with E-state index >= 15 is 0 Å². The summed E-state index contributed by atoms with van der Waals surface area (Å²) in [6.07, 6.45) is 0.958. The van der Waals surface area contributed by atoms with Gasteiger partial charge in [-0.1, -0.05) is 0 Å². The zero-order valence-corrected chi connectivity index (χ0v) is 13.2. The van der Waals surface area contributed by atoms with Crippen molar-refractivity contribution in [3.8, 4) is 5.75 Å². The van der Waals surface area contributed by atoms with Crippen molar-refractivity contribution in [1.29, 1.82) is 0 Å². The number of hydrogen-bond donors (Lipinski definition) is 2. The maximum atomic E-state index is 12.4. The van der Waals surface area contributed by atoms with E-state index in [4.69, 9.17) is 4.74 Å². The van der Waals surface area contributed by atoms with Gasteiger partial charge in [-0.05, 0) is 58.2 Å². The summed E-state index contributed by atoms with van der Waals surface area (Å²) in [5, 5.41) is 6.19. The molecule has 0 fully saturated rings. The molecule has 108 valence electrons. The molecule has 0 radical (unpaired) electrons. The summed E-state index contributed by atoms with van der Waals surface area (Å²) in [7, 11) is 1.60. The Balaban J connectivity index is 1.83. The van der Waals surface area contributed by atoms with Crippen LogP contribution < -0.4 is 15.4 Å². The summed E-state index contributed by atoms with van der Waals surface area (Å²) in [5.74, 6) is 0.574. The molecule has 0 saturated heterocycles. The minimum absolute atomic E-state index is 0.126. The minimum atomic E-state index is -0.126. The van der Waals surface area contributed by atoms with Crippen LogP contribution in [0, 0.1) is 0 Å². The lowest BCUT2D eigenvalue weighted by Crippen LogP contribution is -2.12. The average molecular weight is 347 g/mol. The zero-order chi connectivity index (χ0) is 14.8. The molecule has 0 unspecified atom stereocenters. The molecule has 2 aromatic rings. The van der Waals surface area contributed by atoms with Gasteiger partial charge >= 0.3 is 0 Å². The second-order valence-electron chi connectivity index (χ2n) is 4.85. The van der Waals surface area contributed by atoms with Gasteiger partial charge in [0.25, 0.3) is 5.91 Å². The van der Waals surface area contributed by atoms with Gasteiger partial charge in [0.15, 0.2) is 0 Å². The van der Waals surface area contributed by atoms with Crippen LogP contribution in [0.3, 0.4) is 0 Å². The standard InChI is InChI=1S/C16H15BrN2O2/c1-21-12-3-4-13(17)15(9-12)19-16(20)11-2-5-14-10(8-11)6-7-18-14/h2-5,8-9,18H,6-7H2,1H3,(H,19,20). The fourth-order valence-corrected chi connectivity index (χ4v) is 2.71. The number of methoxy groups -OCH3 is 1. The third-order valence-electron chi connectivity index (χ3n) is 3.50. The molecule has 1 aliphatic rings. The van der Waals surface area contributed by atoms with Gasteiger partial charge in [0.2, 0.25) is 0 Å². The first kappa shape index (κ1) is 13.9. The molecule has 2 N–H and O–H groups in total. The predicted molar refractivity (Wildman–Crippen MR) is 87.3 cm³/mol. The SMILES string of the molecule is COc1ccc(Br)c(NC(=O)c2ccc3c(c2)CCN3)c1. The van der Waals surface area contributed by atoms with Crippen LogP contribution >= 0.6 is 15.9 Å². The molecule has 21 heavy (non-hydrogen) atoms. The second kappa shape index (κ2) is 5.77. The number of fused-ring (bicyclic) bond motifs is 1. The predicted octanol–water partition coefficient (Wildman–Crippen LogP) is 3.68. The van der Waals surface area contributed by atoms with E-state index in [2.05, 4.69) is 26.6 Å². The number of benzene rings is 2. The van der Waals surface area contributed by atoms with Gasteiger partial charge in [-0.3, -0.25) is 4.79 Å². The smallest absolute Gasteiger partial charge is 0.255 e. The molecule has 1 heterocycles. The molecule has 5 heteroatoms. The van der Waals surface area contributed by atoms with Gasteiger partial charge < -0.3 is 15.4 Å². The molecule has 0 bridgehead atoms. The van der Waals surface area contributed by atoms with E-state index in [0.717, 1.165) is 23.1 Å². The first-order valence-electron chi connectivity index (χ1n) is 6.69. The van der Waals surface area contributed by atoms with Gasteiger partial charge in [-0.2, -0.15) is 0 Å². The number of nitrogens with one attached hydrogen (secondary N) is 2. The van der Waals surface area contributed by atoms with Gasteiger partial charge in [0.05, 0.1) is 12.8 Å². The Bertz CT molecular complexity index is 701. The van der Waals surface area contributed by atoms with Crippen molar-refractivity contribution in [3.63, 3.8) is 0 Å². The van der Waals surface area contributed by atoms with E-state index in [0.29, 0.717) is 17.0 Å². The highest BCUT2D eigenvalue weighted by molar-refractivity contribution is 9.10. The number of rotatable bonds is 3. The molecule has 0 atom stereocenters. The lowest BCUT2D eigenvalue weighted by molar-refractivity contribution is 0.102. The van der Waals surface area contributed by atoms with Crippen LogP contribution in [0.5, 0.6) is 5.75 Å². The van der Waals surface area contributed by atoms with E-state index in [1.807, 2.05) is 30.3 Å². The highest BCUT2D eigenvalue weighted by atomic mass is 79.9. The zero-order valence-electron chi connectivity index (χ0n) is 11.6. The van der Waals surface area contributed by atoms with Crippen LogP contribution in [0.15, 0.2) is 40.9 Å². The van der Waals surface area contributed by atoms with Crippen LogP contribution in [0.2, 0.25) is 0 Å². The number of anilines is 2. The van der Waals surface area contributed by atoms with Crippen LogP contribution in [0.1, 0.15) is 15.9 Å². The lowest BCUT2D eigenvalue weighted by atomic mass is 10.1. The van der Waals surface area contributed by atoms with Crippen LogP contribution in [-0.4, -0.2) is 19.6 Å². The average Bonchev–Trinajstić information content (AvgIpc) is 2.96. The van der Waals surface area contributed by atoms with E-state index in [9.17, 15) is 4.79 Å². The van der Waals surface area contributed by atoms with Crippen LogP contribution in [-0.2, 0) is 6.42 Å². The van der Waals surface area contributed by atoms with Gasteiger partial charge in [0.1, 0.15) is 5.75 Å². The third kappa shape index (κ3) is 2.88. The fraction of sp³-hybridized carbons (Fsp3) is 0.188. The molecular weight excluding hydrogens is 332 g/mol. The maximum Gasteiger partial charge on any atom is 0.255 e. The third-order valence-corrected chi connectivity index (χ3v) is 4.19. The Morgan fingerprint density at radius 2 is 2.14 bits per heavy atom. The molecule has 0 saturated carbocycles. The molecule has 4 nitrogen and oxygen atoms in total. The summed E-state index contributed by atoms with van der Waals surface area (Å²) in [6.45, 7) is 0.932. The molecule has 0 aliphatic carbocycles. The van der Waals surface area contributed by atoms with E-state index < -0.39 is 0 Å². The van der Waals surface area contributed by atoms with Gasteiger partial charge in [-0.15, -0.1) is 0 Å². The van der Waals surface area contributed by atoms with Crippen molar-refractivity contribution in [2.45, 2.75) is 6.42 Å². The monoisotopic (exact) mass is 346 g/mol. The summed E-state index contributed by atoms with van der Waals surface area (Å²) in [4.78, 5) is 12.4.